The van der Waals surface area contributed by atoms with Crippen molar-refractivity contribution in [1.82, 2.24) is 5.32 Å². The third-order valence-electron chi connectivity index (χ3n) is 3.01. The van der Waals surface area contributed by atoms with Crippen LogP contribution in [0.5, 0.6) is 0 Å². The van der Waals surface area contributed by atoms with Crippen molar-refractivity contribution in [3.05, 3.63) is 65.0 Å². The van der Waals surface area contributed by atoms with Gasteiger partial charge in [0.15, 0.2) is 0 Å². The Morgan fingerprint density at radius 2 is 1.71 bits per heavy atom. The molecule has 0 aliphatic carbocycles. The lowest BCUT2D eigenvalue weighted by Gasteiger charge is -2.10. The Morgan fingerprint density at radius 3 is 2.43 bits per heavy atom. The van der Waals surface area contributed by atoms with Gasteiger partial charge in [-0.05, 0) is 31.2 Å². The number of nitrogens with one attached hydrogen (secondary N) is 2. The molecule has 0 bridgehead atoms. The minimum absolute atomic E-state index is 0.0540. The first-order valence-electron chi connectivity index (χ1n) is 6.41. The summed E-state index contributed by atoms with van der Waals surface area (Å²) in [4.78, 5) is 23.9. The number of para-hydroxylation sites is 1. The number of hydrogen-bond acceptors (Lipinski definition) is 2. The molecule has 108 valence electrons. The molecule has 0 aliphatic heterocycles. The first kappa shape index (κ1) is 14.7. The van der Waals surface area contributed by atoms with E-state index in [0.717, 1.165) is 5.56 Å². The summed E-state index contributed by atoms with van der Waals surface area (Å²) in [6, 6.07) is 10.9. The Bertz CT molecular complexity index is 698. The van der Waals surface area contributed by atoms with Crippen LogP contribution in [-0.4, -0.2) is 18.9 Å². The van der Waals surface area contributed by atoms with Crippen LogP contribution in [0.1, 0.15) is 26.3 Å². The highest BCUT2D eigenvalue weighted by atomic mass is 19.1. The van der Waals surface area contributed by atoms with Crippen molar-refractivity contribution >= 4 is 17.5 Å². The van der Waals surface area contributed by atoms with Crippen molar-refractivity contribution in [2.45, 2.75) is 6.92 Å². The number of anilines is 1. The largest absolute Gasteiger partial charge is 0.355 e. The Kier molecular flexibility index (Phi) is 4.33. The third kappa shape index (κ3) is 3.25. The van der Waals surface area contributed by atoms with E-state index in [-0.39, 0.29) is 11.5 Å². The summed E-state index contributed by atoms with van der Waals surface area (Å²) in [7, 11) is 1.50. The average Bonchev–Trinajstić information content (AvgIpc) is 2.49. The number of amides is 2. The predicted molar refractivity (Wildman–Crippen MR) is 78.9 cm³/mol. The molecule has 0 spiro atoms. The van der Waals surface area contributed by atoms with Crippen molar-refractivity contribution < 1.29 is 14.0 Å². The number of carbonyl (C=O) groups is 2. The SMILES string of the molecule is CNC(=O)c1ccccc1NC(=O)c1cc(C)ccc1F. The van der Waals surface area contributed by atoms with Gasteiger partial charge in [0.1, 0.15) is 5.82 Å². The Labute approximate surface area is 122 Å². The Balaban J connectivity index is 2.32. The highest BCUT2D eigenvalue weighted by Gasteiger charge is 2.15. The van der Waals surface area contributed by atoms with Crippen LogP contribution >= 0.6 is 0 Å². The molecule has 2 N–H and O–H groups in total. The second-order valence-corrected chi connectivity index (χ2v) is 4.56. The predicted octanol–water partition coefficient (Wildman–Crippen LogP) is 2.75. The van der Waals surface area contributed by atoms with Crippen molar-refractivity contribution in [2.75, 3.05) is 12.4 Å². The number of carbonyl (C=O) groups excluding carboxylic acids is 2. The number of rotatable bonds is 3. The maximum atomic E-state index is 13.7. The molecule has 2 aromatic rings. The van der Waals surface area contributed by atoms with Crippen molar-refractivity contribution in [3.8, 4) is 0 Å². The van der Waals surface area contributed by atoms with Crippen LogP contribution in [0, 0.1) is 12.7 Å². The van der Waals surface area contributed by atoms with Crippen molar-refractivity contribution in [2.24, 2.45) is 0 Å². The Hall–Kier alpha value is -2.69. The van der Waals surface area contributed by atoms with Crippen LogP contribution in [0.3, 0.4) is 0 Å². The van der Waals surface area contributed by atoms with Crippen LogP contribution in [-0.2, 0) is 0 Å². The summed E-state index contributed by atoms with van der Waals surface area (Å²) in [6.45, 7) is 1.77. The van der Waals surface area contributed by atoms with Gasteiger partial charge in [0.05, 0.1) is 16.8 Å². The molecule has 0 aliphatic rings. The zero-order valence-corrected chi connectivity index (χ0v) is 11.7. The summed E-state index contributed by atoms with van der Waals surface area (Å²) < 4.78 is 13.7. The second-order valence-electron chi connectivity index (χ2n) is 4.56. The van der Waals surface area contributed by atoms with Gasteiger partial charge < -0.3 is 10.6 Å². The van der Waals surface area contributed by atoms with E-state index in [1.54, 1.807) is 37.3 Å². The molecule has 4 nitrogen and oxygen atoms in total. The quantitative estimate of drug-likeness (QED) is 0.911. The summed E-state index contributed by atoms with van der Waals surface area (Å²) >= 11 is 0. The molecule has 0 fully saturated rings. The van der Waals surface area contributed by atoms with Gasteiger partial charge in [-0.25, -0.2) is 4.39 Å². The molecule has 21 heavy (non-hydrogen) atoms. The molecule has 0 saturated heterocycles. The lowest BCUT2D eigenvalue weighted by molar-refractivity contribution is 0.0964. The summed E-state index contributed by atoms with van der Waals surface area (Å²) in [5, 5.41) is 5.06. The van der Waals surface area contributed by atoms with Gasteiger partial charge >= 0.3 is 0 Å². The van der Waals surface area contributed by atoms with Gasteiger partial charge in [0.2, 0.25) is 0 Å². The number of aryl methyl sites for hydroxylation is 1. The zero-order chi connectivity index (χ0) is 15.4. The molecular formula is C16H15FN2O2. The first-order valence-corrected chi connectivity index (χ1v) is 6.41. The number of benzene rings is 2. The van der Waals surface area contributed by atoms with Crippen LogP contribution in [0.4, 0.5) is 10.1 Å². The molecule has 0 aromatic heterocycles. The van der Waals surface area contributed by atoms with Gasteiger partial charge in [-0.2, -0.15) is 0 Å². The van der Waals surface area contributed by atoms with E-state index in [2.05, 4.69) is 10.6 Å². The van der Waals surface area contributed by atoms with Crippen LogP contribution in [0.25, 0.3) is 0 Å². The van der Waals surface area contributed by atoms with Crippen LogP contribution < -0.4 is 10.6 Å². The average molecular weight is 286 g/mol. The molecule has 0 atom stereocenters. The molecule has 2 rings (SSSR count). The smallest absolute Gasteiger partial charge is 0.258 e. The fraction of sp³-hybridized carbons (Fsp3) is 0.125. The minimum atomic E-state index is -0.601. The van der Waals surface area contributed by atoms with E-state index in [9.17, 15) is 14.0 Å². The molecule has 0 unspecified atom stereocenters. The maximum Gasteiger partial charge on any atom is 0.258 e. The molecule has 2 aromatic carbocycles. The highest BCUT2D eigenvalue weighted by molar-refractivity contribution is 6.09. The van der Waals surface area contributed by atoms with Crippen molar-refractivity contribution in [3.63, 3.8) is 0 Å². The Morgan fingerprint density at radius 1 is 1.00 bits per heavy atom. The van der Waals surface area contributed by atoms with Gasteiger partial charge in [-0.3, -0.25) is 9.59 Å². The molecule has 5 heteroatoms. The molecule has 0 radical (unpaired) electrons. The van der Waals surface area contributed by atoms with Crippen LogP contribution in [0.2, 0.25) is 0 Å². The highest BCUT2D eigenvalue weighted by Crippen LogP contribution is 2.17. The van der Waals surface area contributed by atoms with E-state index < -0.39 is 11.7 Å². The molecule has 0 saturated carbocycles. The fourth-order valence-corrected chi connectivity index (χ4v) is 1.93. The zero-order valence-electron chi connectivity index (χ0n) is 11.7. The second kappa shape index (κ2) is 6.17. The van der Waals surface area contributed by atoms with E-state index in [1.807, 2.05) is 0 Å². The third-order valence-corrected chi connectivity index (χ3v) is 3.01. The summed E-state index contributed by atoms with van der Waals surface area (Å²) in [6.07, 6.45) is 0. The summed E-state index contributed by atoms with van der Waals surface area (Å²) in [5.74, 6) is -1.52. The van der Waals surface area contributed by atoms with Gasteiger partial charge in [-0.15, -0.1) is 0 Å². The maximum absolute atomic E-state index is 13.7. The molecule has 0 heterocycles. The molecular weight excluding hydrogens is 271 g/mol. The normalized spacial score (nSPS) is 10.0. The van der Waals surface area contributed by atoms with E-state index >= 15 is 0 Å². The van der Waals surface area contributed by atoms with E-state index in [1.165, 1.54) is 19.2 Å². The van der Waals surface area contributed by atoms with Gasteiger partial charge in [0.25, 0.3) is 11.8 Å². The standard InChI is InChI=1S/C16H15FN2O2/c1-10-7-8-13(17)12(9-10)16(21)19-14-6-4-3-5-11(14)15(20)18-2/h3-9H,1-2H3,(H,18,20)(H,19,21). The van der Waals surface area contributed by atoms with Crippen molar-refractivity contribution in [1.29, 1.82) is 0 Å². The lowest BCUT2D eigenvalue weighted by Crippen LogP contribution is -2.21. The van der Waals surface area contributed by atoms with Gasteiger partial charge in [-0.1, -0.05) is 23.8 Å². The van der Waals surface area contributed by atoms with E-state index in [4.69, 9.17) is 0 Å². The number of halogens is 1. The minimum Gasteiger partial charge on any atom is -0.355 e. The number of hydrogen-bond donors (Lipinski definition) is 2. The topological polar surface area (TPSA) is 58.2 Å². The first-order chi connectivity index (χ1) is 10.0. The monoisotopic (exact) mass is 286 g/mol. The van der Waals surface area contributed by atoms with E-state index in [0.29, 0.717) is 11.3 Å². The lowest BCUT2D eigenvalue weighted by atomic mass is 10.1. The van der Waals surface area contributed by atoms with Crippen LogP contribution in [0.15, 0.2) is 42.5 Å². The fourth-order valence-electron chi connectivity index (χ4n) is 1.93. The summed E-state index contributed by atoms with van der Waals surface area (Å²) in [5.41, 5.74) is 1.38. The van der Waals surface area contributed by atoms with Gasteiger partial charge in [0, 0.05) is 7.05 Å². The molecule has 2 amide bonds.